The number of thiophene rings is 1. The van der Waals surface area contributed by atoms with E-state index in [4.69, 9.17) is 29.3 Å². The normalized spacial score (nSPS) is 11.7. The summed E-state index contributed by atoms with van der Waals surface area (Å²) in [6.45, 7) is 0. The Labute approximate surface area is 441 Å². The van der Waals surface area contributed by atoms with Crippen molar-refractivity contribution < 1.29 is 4.42 Å². The molecule has 5 aromatic heterocycles. The van der Waals surface area contributed by atoms with Gasteiger partial charge in [-0.25, -0.2) is 24.9 Å². The predicted molar refractivity (Wildman–Crippen MR) is 314 cm³/mol. The van der Waals surface area contributed by atoms with E-state index in [9.17, 15) is 0 Å². The number of furan rings is 1. The Morgan fingerprint density at radius 3 is 1.46 bits per heavy atom. The van der Waals surface area contributed by atoms with Crippen molar-refractivity contribution in [3.05, 3.63) is 249 Å². The number of fused-ring (bicyclic) bond motifs is 9. The number of aromatic nitrogens is 5. The van der Waals surface area contributed by atoms with Crippen LogP contribution < -0.4 is 0 Å². The highest BCUT2D eigenvalue weighted by Gasteiger charge is 2.19. The minimum atomic E-state index is 0.556. The summed E-state index contributed by atoms with van der Waals surface area (Å²) < 4.78 is 9.00. The van der Waals surface area contributed by atoms with Gasteiger partial charge in [-0.3, -0.25) is 0 Å². The summed E-state index contributed by atoms with van der Waals surface area (Å²) in [6.07, 6.45) is 0. The van der Waals surface area contributed by atoms with E-state index in [1.54, 1.807) is 0 Å². The molecule has 0 unspecified atom stereocenters. The lowest BCUT2D eigenvalue weighted by molar-refractivity contribution is 0.669. The minimum absolute atomic E-state index is 0.556. The Hall–Kier alpha value is -9.95. The van der Waals surface area contributed by atoms with Crippen LogP contribution in [0, 0.1) is 0 Å². The molecule has 0 spiro atoms. The minimum Gasteiger partial charge on any atom is -0.455 e. The number of nitrogens with zero attached hydrogens (tertiary/aromatic N) is 5. The summed E-state index contributed by atoms with van der Waals surface area (Å²) in [5.74, 6) is 1.74. The standard InChI is InChI=1S/C69H41N5OS/c1-3-12-45(13-4-1)59-36-33-46-28-29-47-34-37-60(71-65(47)64(46)70-59)53-39-51(38-52(40-53)50-32-35-56-55-17-8-10-21-62(55)76-63(56)41-50)44-24-22-42(23-25-44)43-26-30-49(31-27-43)68-72-67(48-14-5-2-6-15-48)73-69(74-68)58-19-11-18-57-54-16-7-9-20-61(54)75-66(57)58/h1-41H. The number of rotatable bonds is 8. The van der Waals surface area contributed by atoms with Crippen molar-refractivity contribution in [1.82, 2.24) is 24.9 Å². The molecule has 10 aromatic carbocycles. The summed E-state index contributed by atoms with van der Waals surface area (Å²) in [5, 5.41) is 6.76. The van der Waals surface area contributed by atoms with Crippen LogP contribution in [0.25, 0.3) is 154 Å². The summed E-state index contributed by atoms with van der Waals surface area (Å²) in [5.41, 5.74) is 16.6. The van der Waals surface area contributed by atoms with E-state index in [2.05, 4.69) is 182 Å². The fourth-order valence-corrected chi connectivity index (χ4v) is 11.8. The zero-order valence-electron chi connectivity index (χ0n) is 40.7. The van der Waals surface area contributed by atoms with E-state index >= 15 is 0 Å². The van der Waals surface area contributed by atoms with Gasteiger partial charge in [-0.2, -0.15) is 0 Å². The third-order valence-electron chi connectivity index (χ3n) is 14.5. The third-order valence-corrected chi connectivity index (χ3v) is 15.7. The SMILES string of the molecule is c1ccc(-c2ccc3ccc4ccc(-c5cc(-c6ccc(-c7ccc(-c8nc(-c9ccccc9)nc(-c9cccc%10c9oc9ccccc9%10)n8)cc7)cc6)cc(-c6ccc7c(c6)sc6ccccc67)c5)nc4c3n2)cc1. The molecule has 0 atom stereocenters. The lowest BCUT2D eigenvalue weighted by Crippen LogP contribution is -2.00. The van der Waals surface area contributed by atoms with Gasteiger partial charge < -0.3 is 4.42 Å². The van der Waals surface area contributed by atoms with Crippen LogP contribution in [0.5, 0.6) is 0 Å². The summed E-state index contributed by atoms with van der Waals surface area (Å²) in [7, 11) is 0. The van der Waals surface area contributed by atoms with Crippen LogP contribution in [-0.4, -0.2) is 24.9 Å². The molecule has 0 fully saturated rings. The van der Waals surface area contributed by atoms with Crippen molar-refractivity contribution in [2.45, 2.75) is 0 Å². The fourth-order valence-electron chi connectivity index (χ4n) is 10.6. The second kappa shape index (κ2) is 17.9. The maximum Gasteiger partial charge on any atom is 0.167 e. The van der Waals surface area contributed by atoms with Crippen molar-refractivity contribution in [2.75, 3.05) is 0 Å². The molecule has 0 aliphatic heterocycles. The van der Waals surface area contributed by atoms with E-state index in [1.807, 2.05) is 78.1 Å². The van der Waals surface area contributed by atoms with Crippen LogP contribution in [0.1, 0.15) is 0 Å². The smallest absolute Gasteiger partial charge is 0.167 e. The van der Waals surface area contributed by atoms with Crippen molar-refractivity contribution in [3.8, 4) is 90.1 Å². The van der Waals surface area contributed by atoms with Gasteiger partial charge in [0.25, 0.3) is 0 Å². The van der Waals surface area contributed by atoms with E-state index in [-0.39, 0.29) is 0 Å². The lowest BCUT2D eigenvalue weighted by atomic mass is 9.93. The fraction of sp³-hybridized carbons (Fsp3) is 0. The van der Waals surface area contributed by atoms with Crippen LogP contribution in [0.15, 0.2) is 253 Å². The Morgan fingerprint density at radius 2 is 0.763 bits per heavy atom. The highest BCUT2D eigenvalue weighted by atomic mass is 32.1. The summed E-state index contributed by atoms with van der Waals surface area (Å²) in [6, 6.07) is 87.3. The first-order valence-electron chi connectivity index (χ1n) is 25.4. The Balaban J connectivity index is 0.801. The van der Waals surface area contributed by atoms with Gasteiger partial charge in [0.2, 0.25) is 0 Å². The van der Waals surface area contributed by atoms with E-state index in [0.717, 1.165) is 116 Å². The van der Waals surface area contributed by atoms with Crippen LogP contribution in [0.2, 0.25) is 0 Å². The first-order valence-corrected chi connectivity index (χ1v) is 26.2. The van der Waals surface area contributed by atoms with Gasteiger partial charge in [-0.15, -0.1) is 11.3 Å². The molecule has 0 aliphatic rings. The first-order chi connectivity index (χ1) is 37.6. The molecule has 6 nitrogen and oxygen atoms in total. The quantitative estimate of drug-likeness (QED) is 0.141. The van der Waals surface area contributed by atoms with Crippen molar-refractivity contribution >= 4 is 75.3 Å². The van der Waals surface area contributed by atoms with Crippen molar-refractivity contribution in [1.29, 1.82) is 0 Å². The van der Waals surface area contributed by atoms with Crippen LogP contribution in [-0.2, 0) is 0 Å². The van der Waals surface area contributed by atoms with E-state index < -0.39 is 0 Å². The maximum absolute atomic E-state index is 6.44. The molecule has 15 aromatic rings. The molecule has 0 saturated heterocycles. The maximum atomic E-state index is 6.44. The van der Waals surface area contributed by atoms with Gasteiger partial charge in [0, 0.05) is 64.0 Å². The van der Waals surface area contributed by atoms with E-state index in [0.29, 0.717) is 17.5 Å². The van der Waals surface area contributed by atoms with Gasteiger partial charge >= 0.3 is 0 Å². The molecule has 0 saturated carbocycles. The van der Waals surface area contributed by atoms with Crippen LogP contribution in [0.4, 0.5) is 0 Å². The number of hydrogen-bond donors (Lipinski definition) is 0. The topological polar surface area (TPSA) is 77.6 Å². The summed E-state index contributed by atoms with van der Waals surface area (Å²) in [4.78, 5) is 25.8. The molecular weight excluding hydrogens is 947 g/mol. The van der Waals surface area contributed by atoms with Crippen molar-refractivity contribution in [3.63, 3.8) is 0 Å². The molecule has 0 aliphatic carbocycles. The van der Waals surface area contributed by atoms with Crippen molar-refractivity contribution in [2.24, 2.45) is 0 Å². The predicted octanol–water partition coefficient (Wildman–Crippen LogP) is 18.6. The number of hydrogen-bond acceptors (Lipinski definition) is 7. The Bertz CT molecular complexity index is 4740. The van der Waals surface area contributed by atoms with Gasteiger partial charge in [-0.1, -0.05) is 194 Å². The molecule has 0 N–H and O–H groups in total. The molecule has 5 heterocycles. The zero-order valence-corrected chi connectivity index (χ0v) is 41.5. The first kappa shape index (κ1) is 43.6. The van der Waals surface area contributed by atoms with E-state index in [1.165, 1.54) is 20.2 Å². The average Bonchev–Trinajstić information content (AvgIpc) is 4.11. The molecule has 0 radical (unpaired) electrons. The molecule has 15 rings (SSSR count). The second-order valence-corrected chi connectivity index (χ2v) is 20.3. The number of benzene rings is 10. The Morgan fingerprint density at radius 1 is 0.276 bits per heavy atom. The van der Waals surface area contributed by atoms with Crippen LogP contribution in [0.3, 0.4) is 0 Å². The molecular formula is C69H41N5OS. The summed E-state index contributed by atoms with van der Waals surface area (Å²) >= 11 is 1.84. The molecule has 0 bridgehead atoms. The molecule has 7 heteroatoms. The number of para-hydroxylation sites is 2. The largest absolute Gasteiger partial charge is 0.455 e. The lowest BCUT2D eigenvalue weighted by Gasteiger charge is -2.13. The highest BCUT2D eigenvalue weighted by molar-refractivity contribution is 7.25. The third kappa shape index (κ3) is 7.68. The van der Waals surface area contributed by atoms with Gasteiger partial charge in [0.1, 0.15) is 11.2 Å². The average molecular weight is 988 g/mol. The zero-order chi connectivity index (χ0) is 50.1. The van der Waals surface area contributed by atoms with Crippen LogP contribution >= 0.6 is 11.3 Å². The van der Waals surface area contributed by atoms with Gasteiger partial charge in [0.05, 0.1) is 28.0 Å². The molecule has 354 valence electrons. The van der Waals surface area contributed by atoms with Gasteiger partial charge in [0.15, 0.2) is 17.5 Å². The Kier molecular flexibility index (Phi) is 10.3. The second-order valence-electron chi connectivity index (χ2n) is 19.2. The molecule has 0 amide bonds. The molecule has 76 heavy (non-hydrogen) atoms. The highest BCUT2D eigenvalue weighted by Crippen LogP contribution is 2.41. The monoisotopic (exact) mass is 987 g/mol. The van der Waals surface area contributed by atoms with Gasteiger partial charge in [-0.05, 0) is 88.0 Å². The number of pyridine rings is 2.